The number of aromatic nitrogens is 4. The van der Waals surface area contributed by atoms with Crippen LogP contribution in [0.5, 0.6) is 0 Å². The van der Waals surface area contributed by atoms with Crippen molar-refractivity contribution in [3.63, 3.8) is 0 Å². The molecule has 0 spiro atoms. The lowest BCUT2D eigenvalue weighted by Gasteiger charge is -2.28. The molecule has 22 heavy (non-hydrogen) atoms. The lowest BCUT2D eigenvalue weighted by molar-refractivity contribution is 0.571. The SMILES string of the molecule is CN(CCc1ccncc1)c1nncc(N2CCCCC2)n1. The van der Waals surface area contributed by atoms with Gasteiger partial charge in [0.25, 0.3) is 0 Å². The maximum atomic E-state index is 4.67. The van der Waals surface area contributed by atoms with Crippen LogP contribution < -0.4 is 9.80 Å². The highest BCUT2D eigenvalue weighted by atomic mass is 15.3. The van der Waals surface area contributed by atoms with Crippen LogP contribution in [0.4, 0.5) is 11.8 Å². The van der Waals surface area contributed by atoms with Crippen molar-refractivity contribution in [2.75, 3.05) is 36.5 Å². The summed E-state index contributed by atoms with van der Waals surface area (Å²) >= 11 is 0. The summed E-state index contributed by atoms with van der Waals surface area (Å²) in [5, 5.41) is 8.30. The molecule has 1 saturated heterocycles. The smallest absolute Gasteiger partial charge is 0.247 e. The van der Waals surface area contributed by atoms with Crippen molar-refractivity contribution < 1.29 is 0 Å². The second-order valence-corrected chi connectivity index (χ2v) is 5.69. The molecule has 3 rings (SSSR count). The maximum absolute atomic E-state index is 4.67. The zero-order valence-corrected chi connectivity index (χ0v) is 13.0. The standard InChI is InChI=1S/C16H22N6/c1-21(12-7-14-5-8-17-9-6-14)16-19-15(13-18-20-16)22-10-3-2-4-11-22/h5-6,8-9,13H,2-4,7,10-12H2,1H3. The third-order valence-corrected chi connectivity index (χ3v) is 4.04. The van der Waals surface area contributed by atoms with Crippen molar-refractivity contribution in [3.8, 4) is 0 Å². The number of likely N-dealkylation sites (N-methyl/N-ethyl adjacent to an activating group) is 1. The number of pyridine rings is 1. The molecule has 0 atom stereocenters. The van der Waals surface area contributed by atoms with Gasteiger partial charge in [-0.1, -0.05) is 0 Å². The molecular weight excluding hydrogens is 276 g/mol. The van der Waals surface area contributed by atoms with Gasteiger partial charge in [0.1, 0.15) is 0 Å². The number of hydrogen-bond acceptors (Lipinski definition) is 6. The van der Waals surface area contributed by atoms with Crippen LogP contribution in [0.25, 0.3) is 0 Å². The van der Waals surface area contributed by atoms with Crippen LogP contribution in [-0.2, 0) is 6.42 Å². The molecule has 1 aliphatic rings. The fourth-order valence-corrected chi connectivity index (χ4v) is 2.67. The van der Waals surface area contributed by atoms with E-state index < -0.39 is 0 Å². The van der Waals surface area contributed by atoms with Gasteiger partial charge < -0.3 is 9.80 Å². The third-order valence-electron chi connectivity index (χ3n) is 4.04. The maximum Gasteiger partial charge on any atom is 0.247 e. The summed E-state index contributed by atoms with van der Waals surface area (Å²) in [6.07, 6.45) is 10.1. The molecule has 6 heteroatoms. The topological polar surface area (TPSA) is 58.0 Å². The van der Waals surface area contributed by atoms with Crippen LogP contribution in [0.2, 0.25) is 0 Å². The molecule has 1 fully saturated rings. The highest BCUT2D eigenvalue weighted by Gasteiger charge is 2.14. The zero-order chi connectivity index (χ0) is 15.2. The minimum atomic E-state index is 0.692. The minimum absolute atomic E-state index is 0.692. The van der Waals surface area contributed by atoms with Crippen molar-refractivity contribution in [2.24, 2.45) is 0 Å². The molecular formula is C16H22N6. The van der Waals surface area contributed by atoms with E-state index in [1.807, 2.05) is 31.6 Å². The first kappa shape index (κ1) is 14.7. The first-order valence-electron chi connectivity index (χ1n) is 7.87. The van der Waals surface area contributed by atoms with Gasteiger partial charge in [-0.15, -0.1) is 5.10 Å². The molecule has 0 N–H and O–H groups in total. The number of piperidine rings is 1. The molecule has 1 aliphatic heterocycles. The normalized spacial score (nSPS) is 14.9. The molecule has 0 radical (unpaired) electrons. The first-order valence-corrected chi connectivity index (χ1v) is 7.87. The van der Waals surface area contributed by atoms with E-state index in [1.165, 1.54) is 24.8 Å². The lowest BCUT2D eigenvalue weighted by atomic mass is 10.1. The summed E-state index contributed by atoms with van der Waals surface area (Å²) in [5.41, 5.74) is 1.27. The Hall–Kier alpha value is -2.24. The second-order valence-electron chi connectivity index (χ2n) is 5.69. The molecule has 3 heterocycles. The predicted molar refractivity (Wildman–Crippen MR) is 87.1 cm³/mol. The van der Waals surface area contributed by atoms with E-state index in [9.17, 15) is 0 Å². The summed E-state index contributed by atoms with van der Waals surface area (Å²) in [6.45, 7) is 2.99. The number of hydrogen-bond donors (Lipinski definition) is 0. The molecule has 2 aromatic heterocycles. The zero-order valence-electron chi connectivity index (χ0n) is 13.0. The minimum Gasteiger partial charge on any atom is -0.355 e. The Morgan fingerprint density at radius 1 is 1.14 bits per heavy atom. The van der Waals surface area contributed by atoms with E-state index in [4.69, 9.17) is 0 Å². The summed E-state index contributed by atoms with van der Waals surface area (Å²) in [5.74, 6) is 1.64. The van der Waals surface area contributed by atoms with Gasteiger partial charge in [-0.3, -0.25) is 4.98 Å². The Balaban J connectivity index is 1.63. The van der Waals surface area contributed by atoms with Gasteiger partial charge in [-0.05, 0) is 43.4 Å². The van der Waals surface area contributed by atoms with Crippen molar-refractivity contribution in [2.45, 2.75) is 25.7 Å². The molecule has 116 valence electrons. The van der Waals surface area contributed by atoms with Crippen LogP contribution in [0.3, 0.4) is 0 Å². The van der Waals surface area contributed by atoms with Crippen LogP contribution in [0.15, 0.2) is 30.7 Å². The monoisotopic (exact) mass is 298 g/mol. The largest absolute Gasteiger partial charge is 0.355 e. The third kappa shape index (κ3) is 3.69. The van der Waals surface area contributed by atoms with E-state index in [0.29, 0.717) is 5.95 Å². The first-order chi connectivity index (χ1) is 10.8. The van der Waals surface area contributed by atoms with Crippen molar-refractivity contribution in [3.05, 3.63) is 36.3 Å². The van der Waals surface area contributed by atoms with Gasteiger partial charge in [0, 0.05) is 39.1 Å². The molecule has 0 aliphatic carbocycles. The molecule has 2 aromatic rings. The highest BCUT2D eigenvalue weighted by Crippen LogP contribution is 2.18. The van der Waals surface area contributed by atoms with Gasteiger partial charge in [0.15, 0.2) is 5.82 Å². The van der Waals surface area contributed by atoms with Crippen LogP contribution in [0.1, 0.15) is 24.8 Å². The number of nitrogens with zero attached hydrogens (tertiary/aromatic N) is 6. The van der Waals surface area contributed by atoms with E-state index in [0.717, 1.165) is 31.9 Å². The van der Waals surface area contributed by atoms with Crippen LogP contribution in [0, 0.1) is 0 Å². The summed E-state index contributed by atoms with van der Waals surface area (Å²) in [4.78, 5) is 13.1. The Kier molecular flexibility index (Phi) is 4.78. The summed E-state index contributed by atoms with van der Waals surface area (Å²) in [7, 11) is 2.01. The van der Waals surface area contributed by atoms with Gasteiger partial charge in [-0.2, -0.15) is 10.1 Å². The van der Waals surface area contributed by atoms with Gasteiger partial charge in [-0.25, -0.2) is 0 Å². The van der Waals surface area contributed by atoms with Gasteiger partial charge in [0.05, 0.1) is 6.20 Å². The fraction of sp³-hybridized carbons (Fsp3) is 0.500. The molecule has 0 unspecified atom stereocenters. The molecule has 0 saturated carbocycles. The quantitative estimate of drug-likeness (QED) is 0.841. The molecule has 0 aromatic carbocycles. The summed E-state index contributed by atoms with van der Waals surface area (Å²) < 4.78 is 0. The van der Waals surface area contributed by atoms with Crippen LogP contribution in [-0.4, -0.2) is 46.8 Å². The van der Waals surface area contributed by atoms with E-state index >= 15 is 0 Å². The number of rotatable bonds is 5. The second kappa shape index (κ2) is 7.15. The van der Waals surface area contributed by atoms with Crippen molar-refractivity contribution in [1.29, 1.82) is 0 Å². The predicted octanol–water partition coefficient (Wildman–Crippen LogP) is 1.94. The Labute approximate surface area is 131 Å². The van der Waals surface area contributed by atoms with E-state index in [1.54, 1.807) is 6.20 Å². The average molecular weight is 298 g/mol. The Bertz CT molecular complexity index is 582. The molecule has 0 bridgehead atoms. The van der Waals surface area contributed by atoms with Crippen LogP contribution >= 0.6 is 0 Å². The molecule has 6 nitrogen and oxygen atoms in total. The van der Waals surface area contributed by atoms with Gasteiger partial charge in [0.2, 0.25) is 5.95 Å². The van der Waals surface area contributed by atoms with E-state index in [-0.39, 0.29) is 0 Å². The average Bonchev–Trinajstić information content (AvgIpc) is 2.61. The fourth-order valence-electron chi connectivity index (χ4n) is 2.67. The van der Waals surface area contributed by atoms with Gasteiger partial charge >= 0.3 is 0 Å². The molecule has 0 amide bonds. The van der Waals surface area contributed by atoms with Crippen molar-refractivity contribution >= 4 is 11.8 Å². The Morgan fingerprint density at radius 3 is 2.68 bits per heavy atom. The summed E-state index contributed by atoms with van der Waals surface area (Å²) in [6, 6.07) is 4.08. The number of anilines is 2. The Morgan fingerprint density at radius 2 is 1.91 bits per heavy atom. The van der Waals surface area contributed by atoms with E-state index in [2.05, 4.69) is 30.0 Å². The highest BCUT2D eigenvalue weighted by molar-refractivity contribution is 5.41. The lowest BCUT2D eigenvalue weighted by Crippen LogP contribution is -2.31. The van der Waals surface area contributed by atoms with Crippen molar-refractivity contribution in [1.82, 2.24) is 20.2 Å².